The van der Waals surface area contributed by atoms with Crippen LogP contribution in [0, 0.1) is 12.8 Å². The molecule has 0 aliphatic heterocycles. The number of aliphatic imine (C=N–C) groups is 1. The highest BCUT2D eigenvalue weighted by atomic mass is 35.5. The molecule has 0 saturated heterocycles. The maximum Gasteiger partial charge on any atom is 0.511 e. The lowest BCUT2D eigenvalue weighted by atomic mass is 9.86. The van der Waals surface area contributed by atoms with Crippen molar-refractivity contribution in [3.05, 3.63) is 64.5 Å². The van der Waals surface area contributed by atoms with E-state index in [1.807, 2.05) is 26.0 Å². The molecule has 184 valence electrons. The van der Waals surface area contributed by atoms with Gasteiger partial charge in [-0.25, -0.2) is 4.79 Å². The highest BCUT2D eigenvalue weighted by Gasteiger charge is 2.23. The van der Waals surface area contributed by atoms with E-state index in [1.54, 1.807) is 31.1 Å². The number of aryl methyl sites for hydroxylation is 2. The average Bonchev–Trinajstić information content (AvgIpc) is 3.04. The molecular formula is C26H34ClN3O4. The Hall–Kier alpha value is -3.06. The summed E-state index contributed by atoms with van der Waals surface area (Å²) in [6, 6.07) is 8.15. The first-order valence-electron chi connectivity index (χ1n) is 11.0. The summed E-state index contributed by atoms with van der Waals surface area (Å²) in [6.45, 7) is 13.6. The lowest BCUT2D eigenvalue weighted by molar-refractivity contribution is -0.00830. The highest BCUT2D eigenvalue weighted by Crippen LogP contribution is 2.33. The number of aromatic nitrogens is 2. The van der Waals surface area contributed by atoms with Gasteiger partial charge >= 0.3 is 6.16 Å². The Balaban J connectivity index is 2.45. The van der Waals surface area contributed by atoms with Crippen molar-refractivity contribution in [2.75, 3.05) is 20.4 Å². The Bertz CT molecular complexity index is 1060. The van der Waals surface area contributed by atoms with Crippen molar-refractivity contribution in [3.63, 3.8) is 0 Å². The first-order chi connectivity index (χ1) is 16.0. The molecular weight excluding hydrogens is 454 g/mol. The van der Waals surface area contributed by atoms with E-state index in [0.29, 0.717) is 27.7 Å². The minimum absolute atomic E-state index is 0.0142. The smallest absolute Gasteiger partial charge is 0.454 e. The van der Waals surface area contributed by atoms with Gasteiger partial charge in [0.05, 0.1) is 10.7 Å². The van der Waals surface area contributed by atoms with Crippen molar-refractivity contribution < 1.29 is 19.0 Å². The summed E-state index contributed by atoms with van der Waals surface area (Å²) >= 11 is 6.58. The number of ether oxygens (including phenoxy) is 3. The zero-order valence-corrected chi connectivity index (χ0v) is 21.8. The molecule has 0 aliphatic carbocycles. The minimum Gasteiger partial charge on any atom is -0.454 e. The van der Waals surface area contributed by atoms with Gasteiger partial charge in [-0.05, 0) is 23.5 Å². The SMILES string of the molecule is C=CC(C)COC(=O)OCO/C(=C(/C=NC)c1ccc(C(C)(C)C)cc1)c1c(Cl)c(C)nn1C. The summed E-state index contributed by atoms with van der Waals surface area (Å²) in [4.78, 5) is 16.2. The Morgan fingerprint density at radius 3 is 2.38 bits per heavy atom. The van der Waals surface area contributed by atoms with E-state index in [-0.39, 0.29) is 24.7 Å². The van der Waals surface area contributed by atoms with Crippen LogP contribution in [-0.4, -0.2) is 42.6 Å². The van der Waals surface area contributed by atoms with Gasteiger partial charge in [0.2, 0.25) is 6.79 Å². The fraction of sp³-hybridized carbons (Fsp3) is 0.423. The Morgan fingerprint density at radius 2 is 1.88 bits per heavy atom. The van der Waals surface area contributed by atoms with Gasteiger partial charge in [0.1, 0.15) is 12.3 Å². The van der Waals surface area contributed by atoms with E-state index in [9.17, 15) is 4.79 Å². The molecule has 34 heavy (non-hydrogen) atoms. The molecule has 1 aromatic carbocycles. The fourth-order valence-electron chi connectivity index (χ4n) is 3.14. The molecule has 0 amide bonds. The number of halogens is 1. The largest absolute Gasteiger partial charge is 0.511 e. The zero-order valence-electron chi connectivity index (χ0n) is 21.0. The zero-order chi connectivity index (χ0) is 25.5. The molecule has 0 saturated carbocycles. The summed E-state index contributed by atoms with van der Waals surface area (Å²) in [7, 11) is 3.44. The third-order valence-electron chi connectivity index (χ3n) is 5.18. The van der Waals surface area contributed by atoms with E-state index in [0.717, 1.165) is 5.56 Å². The summed E-state index contributed by atoms with van der Waals surface area (Å²) < 4.78 is 17.8. The third kappa shape index (κ3) is 6.97. The van der Waals surface area contributed by atoms with Crippen LogP contribution in [0.2, 0.25) is 5.02 Å². The molecule has 1 atom stereocenters. The van der Waals surface area contributed by atoms with Crippen molar-refractivity contribution in [2.24, 2.45) is 18.0 Å². The molecule has 0 bridgehead atoms. The lowest BCUT2D eigenvalue weighted by Gasteiger charge is -2.20. The van der Waals surface area contributed by atoms with E-state index in [2.05, 4.69) is 49.6 Å². The molecule has 1 heterocycles. The summed E-state index contributed by atoms with van der Waals surface area (Å²) in [5.74, 6) is 0.401. The van der Waals surface area contributed by atoms with Gasteiger partial charge in [-0.15, -0.1) is 6.58 Å². The van der Waals surface area contributed by atoms with Gasteiger partial charge in [-0.2, -0.15) is 5.10 Å². The number of hydrogen-bond donors (Lipinski definition) is 0. The molecule has 2 aromatic rings. The molecule has 0 spiro atoms. The fourth-order valence-corrected chi connectivity index (χ4v) is 3.39. The van der Waals surface area contributed by atoms with E-state index < -0.39 is 6.16 Å². The minimum atomic E-state index is -0.833. The second kappa shape index (κ2) is 11.9. The number of carbonyl (C=O) groups excluding carboxylic acids is 1. The highest BCUT2D eigenvalue weighted by molar-refractivity contribution is 6.33. The van der Waals surface area contributed by atoms with Crippen LogP contribution in [0.4, 0.5) is 4.79 Å². The van der Waals surface area contributed by atoms with Gasteiger partial charge in [0.15, 0.2) is 5.76 Å². The first kappa shape index (κ1) is 27.2. The quantitative estimate of drug-likeness (QED) is 0.138. The standard InChI is InChI=1S/C26H34ClN3O4/c1-9-17(2)15-32-25(31)34-16-33-24(23-22(27)18(3)29-30(23)8)21(14-28-7)19-10-12-20(13-11-19)26(4,5)6/h9-14,17H,1,15-16H2,2-8H3/b24-21-,28-14?. The monoisotopic (exact) mass is 487 g/mol. The Morgan fingerprint density at radius 1 is 1.24 bits per heavy atom. The van der Waals surface area contributed by atoms with Crippen LogP contribution >= 0.6 is 11.6 Å². The van der Waals surface area contributed by atoms with Crippen molar-refractivity contribution in [3.8, 4) is 0 Å². The number of allylic oxidation sites excluding steroid dienone is 1. The maximum atomic E-state index is 12.0. The second-order valence-electron chi connectivity index (χ2n) is 9.01. The summed E-state index contributed by atoms with van der Waals surface area (Å²) in [5.41, 5.74) is 3.94. The maximum absolute atomic E-state index is 12.0. The van der Waals surface area contributed by atoms with Crippen LogP contribution < -0.4 is 0 Å². The molecule has 2 rings (SSSR count). The second-order valence-corrected chi connectivity index (χ2v) is 9.39. The van der Waals surface area contributed by atoms with Crippen molar-refractivity contribution in [1.82, 2.24) is 9.78 Å². The molecule has 1 unspecified atom stereocenters. The van der Waals surface area contributed by atoms with Crippen molar-refractivity contribution >= 4 is 35.3 Å². The normalized spacial score (nSPS) is 13.4. The Kier molecular flexibility index (Phi) is 9.50. The summed E-state index contributed by atoms with van der Waals surface area (Å²) in [6.07, 6.45) is 2.55. The van der Waals surface area contributed by atoms with Gasteiger partial charge in [-0.3, -0.25) is 9.67 Å². The van der Waals surface area contributed by atoms with E-state index in [1.165, 1.54) is 5.56 Å². The number of hydrogen-bond acceptors (Lipinski definition) is 6. The van der Waals surface area contributed by atoms with Gasteiger partial charge in [0, 0.05) is 31.8 Å². The van der Waals surface area contributed by atoms with Crippen LogP contribution in [0.1, 0.15) is 50.2 Å². The van der Waals surface area contributed by atoms with Crippen LogP contribution in [0.3, 0.4) is 0 Å². The molecule has 0 aliphatic rings. The molecule has 8 heteroatoms. The Labute approximate surface area is 207 Å². The van der Waals surface area contributed by atoms with Crippen molar-refractivity contribution in [1.29, 1.82) is 0 Å². The predicted molar refractivity (Wildman–Crippen MR) is 137 cm³/mol. The van der Waals surface area contributed by atoms with E-state index >= 15 is 0 Å². The first-order valence-corrected chi connectivity index (χ1v) is 11.4. The van der Waals surface area contributed by atoms with Crippen LogP contribution in [0.25, 0.3) is 11.3 Å². The van der Waals surface area contributed by atoms with Gasteiger partial charge in [0.25, 0.3) is 0 Å². The lowest BCUT2D eigenvalue weighted by Crippen LogP contribution is -2.15. The summed E-state index contributed by atoms with van der Waals surface area (Å²) in [5, 5.41) is 4.84. The number of nitrogens with zero attached hydrogens (tertiary/aromatic N) is 3. The molecule has 0 N–H and O–H groups in total. The molecule has 0 radical (unpaired) electrons. The van der Waals surface area contributed by atoms with Gasteiger partial charge < -0.3 is 14.2 Å². The topological polar surface area (TPSA) is 74.9 Å². The third-order valence-corrected chi connectivity index (χ3v) is 5.63. The predicted octanol–water partition coefficient (Wildman–Crippen LogP) is 6.20. The number of carbonyl (C=O) groups is 1. The van der Waals surface area contributed by atoms with Crippen LogP contribution in [-0.2, 0) is 26.7 Å². The molecule has 1 aromatic heterocycles. The van der Waals surface area contributed by atoms with Crippen LogP contribution in [0.15, 0.2) is 41.9 Å². The average molecular weight is 488 g/mol. The van der Waals surface area contributed by atoms with Gasteiger partial charge in [-0.1, -0.05) is 69.6 Å². The number of rotatable bonds is 9. The van der Waals surface area contributed by atoms with E-state index in [4.69, 9.17) is 25.8 Å². The number of benzene rings is 1. The van der Waals surface area contributed by atoms with Crippen LogP contribution in [0.5, 0.6) is 0 Å². The molecule has 7 nitrogen and oxygen atoms in total. The van der Waals surface area contributed by atoms with Crippen molar-refractivity contribution in [2.45, 2.75) is 40.0 Å². The molecule has 0 fully saturated rings.